The summed E-state index contributed by atoms with van der Waals surface area (Å²) in [7, 11) is 2.46. The molecule has 0 saturated carbocycles. The minimum absolute atomic E-state index is 0.878. The number of quaternary nitrogens is 1. The fourth-order valence-electron chi connectivity index (χ4n) is 2.26. The Morgan fingerprint density at radius 2 is 1.40 bits per heavy atom. The first-order valence-electron chi connectivity index (χ1n) is 6.91. The standard InChI is InChI=1S/C14H32N/c1-6-9-11-15(5,12-10-7-2)13-14(4)8-3/h14H,6-13H2,1-5H3/q+1. The van der Waals surface area contributed by atoms with Crippen molar-refractivity contribution in [2.75, 3.05) is 26.7 Å². The molecule has 0 bridgehead atoms. The van der Waals surface area contributed by atoms with Crippen LogP contribution in [0.4, 0.5) is 0 Å². The molecule has 15 heavy (non-hydrogen) atoms. The molecular formula is C14H32N+. The van der Waals surface area contributed by atoms with Crippen LogP contribution in [0.15, 0.2) is 0 Å². The number of nitrogens with zero attached hydrogens (tertiary/aromatic N) is 1. The molecule has 0 spiro atoms. The Morgan fingerprint density at radius 3 is 1.73 bits per heavy atom. The van der Waals surface area contributed by atoms with Crippen LogP contribution in [0.1, 0.15) is 59.8 Å². The Labute approximate surface area is 97.5 Å². The van der Waals surface area contributed by atoms with Crippen LogP contribution in [0.3, 0.4) is 0 Å². The van der Waals surface area contributed by atoms with E-state index in [1.165, 1.54) is 56.2 Å². The molecule has 0 aromatic carbocycles. The summed E-state index contributed by atoms with van der Waals surface area (Å²) >= 11 is 0. The van der Waals surface area contributed by atoms with Gasteiger partial charge in [-0.05, 0) is 19.3 Å². The fraction of sp³-hybridized carbons (Fsp3) is 1.00. The lowest BCUT2D eigenvalue weighted by Crippen LogP contribution is -2.48. The van der Waals surface area contributed by atoms with E-state index in [0.717, 1.165) is 5.92 Å². The molecule has 0 amide bonds. The molecule has 1 heteroatoms. The van der Waals surface area contributed by atoms with Crippen molar-refractivity contribution >= 4 is 0 Å². The van der Waals surface area contributed by atoms with Gasteiger partial charge in [-0.25, -0.2) is 0 Å². The molecule has 0 saturated heterocycles. The highest BCUT2D eigenvalue weighted by molar-refractivity contribution is 4.50. The Bertz CT molecular complexity index is 134. The van der Waals surface area contributed by atoms with E-state index in [-0.39, 0.29) is 0 Å². The average molecular weight is 214 g/mol. The summed E-state index contributed by atoms with van der Waals surface area (Å²) in [4.78, 5) is 0. The lowest BCUT2D eigenvalue weighted by atomic mass is 10.1. The van der Waals surface area contributed by atoms with Crippen molar-refractivity contribution in [3.8, 4) is 0 Å². The minimum atomic E-state index is 0.878. The molecule has 0 aromatic heterocycles. The van der Waals surface area contributed by atoms with Crippen molar-refractivity contribution < 1.29 is 4.48 Å². The van der Waals surface area contributed by atoms with E-state index in [2.05, 4.69) is 34.7 Å². The zero-order valence-electron chi connectivity index (χ0n) is 11.7. The molecule has 1 nitrogen and oxygen atoms in total. The third-order valence-electron chi connectivity index (χ3n) is 3.55. The molecule has 1 unspecified atom stereocenters. The van der Waals surface area contributed by atoms with Gasteiger partial charge in [-0.3, -0.25) is 0 Å². The predicted octanol–water partition coefficient (Wildman–Crippen LogP) is 4.08. The molecule has 0 aromatic rings. The van der Waals surface area contributed by atoms with Crippen LogP contribution in [0.2, 0.25) is 0 Å². The van der Waals surface area contributed by atoms with Crippen LogP contribution in [-0.4, -0.2) is 31.2 Å². The monoisotopic (exact) mass is 214 g/mol. The number of hydrogen-bond donors (Lipinski definition) is 0. The summed E-state index contributed by atoms with van der Waals surface area (Å²) in [5, 5.41) is 0. The van der Waals surface area contributed by atoms with Gasteiger partial charge in [0, 0.05) is 5.92 Å². The molecule has 0 radical (unpaired) electrons. The molecule has 92 valence electrons. The van der Waals surface area contributed by atoms with Gasteiger partial charge < -0.3 is 4.48 Å². The van der Waals surface area contributed by atoms with Crippen molar-refractivity contribution in [3.05, 3.63) is 0 Å². The molecule has 1 atom stereocenters. The van der Waals surface area contributed by atoms with Gasteiger partial charge in [-0.1, -0.05) is 40.5 Å². The van der Waals surface area contributed by atoms with Crippen molar-refractivity contribution in [1.29, 1.82) is 0 Å². The smallest absolute Gasteiger partial charge is 0.0810 e. The van der Waals surface area contributed by atoms with Crippen molar-refractivity contribution in [2.24, 2.45) is 5.92 Å². The van der Waals surface area contributed by atoms with Crippen LogP contribution in [0.5, 0.6) is 0 Å². The van der Waals surface area contributed by atoms with Gasteiger partial charge >= 0.3 is 0 Å². The maximum Gasteiger partial charge on any atom is 0.0810 e. The van der Waals surface area contributed by atoms with Crippen LogP contribution in [0, 0.1) is 5.92 Å². The Balaban J connectivity index is 4.12. The Hall–Kier alpha value is -0.0400. The topological polar surface area (TPSA) is 0 Å². The lowest BCUT2D eigenvalue weighted by Gasteiger charge is -2.36. The van der Waals surface area contributed by atoms with E-state index in [1.807, 2.05) is 0 Å². The maximum atomic E-state index is 2.46. The molecule has 0 rings (SSSR count). The predicted molar refractivity (Wildman–Crippen MR) is 70.1 cm³/mol. The minimum Gasteiger partial charge on any atom is -0.326 e. The highest BCUT2D eigenvalue weighted by atomic mass is 15.3. The number of rotatable bonds is 9. The maximum absolute atomic E-state index is 2.46. The first-order chi connectivity index (χ1) is 7.08. The van der Waals surface area contributed by atoms with Crippen molar-refractivity contribution in [3.63, 3.8) is 0 Å². The summed E-state index contributed by atoms with van der Waals surface area (Å²) in [6.45, 7) is 13.4. The normalized spacial score (nSPS) is 14.2. The van der Waals surface area contributed by atoms with E-state index in [4.69, 9.17) is 0 Å². The van der Waals surface area contributed by atoms with Gasteiger partial charge in [0.1, 0.15) is 0 Å². The number of unbranched alkanes of at least 4 members (excludes halogenated alkanes) is 2. The molecule has 0 fully saturated rings. The third kappa shape index (κ3) is 6.94. The molecule has 0 aliphatic rings. The summed E-state index contributed by atoms with van der Waals surface area (Å²) in [6.07, 6.45) is 6.76. The highest BCUT2D eigenvalue weighted by Crippen LogP contribution is 2.14. The largest absolute Gasteiger partial charge is 0.326 e. The van der Waals surface area contributed by atoms with Crippen LogP contribution in [-0.2, 0) is 0 Å². The van der Waals surface area contributed by atoms with E-state index < -0.39 is 0 Å². The second kappa shape index (κ2) is 8.15. The summed E-state index contributed by atoms with van der Waals surface area (Å²) in [5.74, 6) is 0.878. The molecule has 0 N–H and O–H groups in total. The van der Waals surface area contributed by atoms with Gasteiger partial charge in [0.2, 0.25) is 0 Å². The van der Waals surface area contributed by atoms with Gasteiger partial charge in [0.25, 0.3) is 0 Å². The zero-order valence-corrected chi connectivity index (χ0v) is 11.7. The van der Waals surface area contributed by atoms with Gasteiger partial charge in [-0.2, -0.15) is 0 Å². The average Bonchev–Trinajstić information content (AvgIpc) is 2.23. The molecule has 0 aliphatic heterocycles. The SMILES string of the molecule is CCCC[N+](C)(CCCC)CC(C)CC. The Kier molecular flexibility index (Phi) is 8.13. The molecule has 0 heterocycles. The molecular weight excluding hydrogens is 182 g/mol. The van der Waals surface area contributed by atoms with Gasteiger partial charge in [0.15, 0.2) is 0 Å². The zero-order chi connectivity index (χ0) is 11.7. The first kappa shape index (κ1) is 15.0. The first-order valence-corrected chi connectivity index (χ1v) is 6.91. The highest BCUT2D eigenvalue weighted by Gasteiger charge is 2.22. The second-order valence-electron chi connectivity index (χ2n) is 5.47. The van der Waals surface area contributed by atoms with Crippen molar-refractivity contribution in [1.82, 2.24) is 0 Å². The summed E-state index contributed by atoms with van der Waals surface area (Å²) < 4.78 is 1.30. The number of hydrogen-bond acceptors (Lipinski definition) is 0. The Morgan fingerprint density at radius 1 is 0.933 bits per heavy atom. The summed E-state index contributed by atoms with van der Waals surface area (Å²) in [5.41, 5.74) is 0. The van der Waals surface area contributed by atoms with Gasteiger partial charge in [-0.15, -0.1) is 0 Å². The van der Waals surface area contributed by atoms with Crippen LogP contribution >= 0.6 is 0 Å². The van der Waals surface area contributed by atoms with Crippen LogP contribution < -0.4 is 0 Å². The van der Waals surface area contributed by atoms with Crippen LogP contribution in [0.25, 0.3) is 0 Å². The van der Waals surface area contributed by atoms with E-state index in [0.29, 0.717) is 0 Å². The van der Waals surface area contributed by atoms with E-state index >= 15 is 0 Å². The summed E-state index contributed by atoms with van der Waals surface area (Å²) in [6, 6.07) is 0. The fourth-order valence-corrected chi connectivity index (χ4v) is 2.26. The third-order valence-corrected chi connectivity index (χ3v) is 3.55. The van der Waals surface area contributed by atoms with E-state index in [9.17, 15) is 0 Å². The lowest BCUT2D eigenvalue weighted by molar-refractivity contribution is -0.913. The van der Waals surface area contributed by atoms with E-state index in [1.54, 1.807) is 0 Å². The quantitative estimate of drug-likeness (QED) is 0.507. The van der Waals surface area contributed by atoms with Gasteiger partial charge in [0.05, 0.1) is 26.7 Å². The molecule has 0 aliphatic carbocycles. The second-order valence-corrected chi connectivity index (χ2v) is 5.47. The van der Waals surface area contributed by atoms with Crippen molar-refractivity contribution in [2.45, 2.75) is 59.8 Å².